The molecule has 0 radical (unpaired) electrons. The van der Waals surface area contributed by atoms with Gasteiger partial charge in [-0.3, -0.25) is 4.98 Å². The molecule has 3 nitrogen and oxygen atoms in total. The van der Waals surface area contributed by atoms with Crippen LogP contribution in [0.4, 0.5) is 11.4 Å². The van der Waals surface area contributed by atoms with E-state index in [1.165, 1.54) is 24.1 Å². The molecule has 0 aliphatic carbocycles. The van der Waals surface area contributed by atoms with Gasteiger partial charge >= 0.3 is 0 Å². The first kappa shape index (κ1) is 13.4. The van der Waals surface area contributed by atoms with Gasteiger partial charge in [0.2, 0.25) is 0 Å². The predicted molar refractivity (Wildman–Crippen MR) is 86.8 cm³/mol. The van der Waals surface area contributed by atoms with Crippen molar-refractivity contribution in [3.05, 3.63) is 52.3 Å². The third-order valence-corrected chi connectivity index (χ3v) is 4.62. The van der Waals surface area contributed by atoms with Crippen LogP contribution in [0, 0.1) is 6.92 Å². The van der Waals surface area contributed by atoms with Crippen LogP contribution in [0.25, 0.3) is 0 Å². The van der Waals surface area contributed by atoms with Crippen molar-refractivity contribution in [2.24, 2.45) is 0 Å². The Balaban J connectivity index is 1.99. The maximum Gasteiger partial charge on any atom is 0.0544 e. The number of rotatable bonds is 2. The zero-order chi connectivity index (χ0) is 14.1. The van der Waals surface area contributed by atoms with Gasteiger partial charge in [-0.15, -0.1) is 0 Å². The number of pyridine rings is 1. The Morgan fingerprint density at radius 2 is 2.05 bits per heavy atom. The van der Waals surface area contributed by atoms with Crippen molar-refractivity contribution < 1.29 is 0 Å². The quantitative estimate of drug-likeness (QED) is 0.843. The fourth-order valence-electron chi connectivity index (χ4n) is 2.89. The summed E-state index contributed by atoms with van der Waals surface area (Å²) in [6, 6.07) is 8.84. The number of benzene rings is 1. The van der Waals surface area contributed by atoms with E-state index in [2.05, 4.69) is 50.9 Å². The topological polar surface area (TPSA) is 42.2 Å². The number of aryl methyl sites for hydroxylation is 1. The highest BCUT2D eigenvalue weighted by atomic mass is 79.9. The zero-order valence-electron chi connectivity index (χ0n) is 11.5. The van der Waals surface area contributed by atoms with Gasteiger partial charge < -0.3 is 10.6 Å². The van der Waals surface area contributed by atoms with E-state index in [-0.39, 0.29) is 0 Å². The van der Waals surface area contributed by atoms with Crippen LogP contribution in [0.5, 0.6) is 0 Å². The Bertz CT molecular complexity index is 613. The molecule has 2 N–H and O–H groups in total. The Morgan fingerprint density at radius 1 is 1.30 bits per heavy atom. The molecule has 1 aliphatic heterocycles. The van der Waals surface area contributed by atoms with Gasteiger partial charge in [0.1, 0.15) is 0 Å². The second-order valence-corrected chi connectivity index (χ2v) is 6.15. The van der Waals surface area contributed by atoms with Gasteiger partial charge in [0.15, 0.2) is 0 Å². The smallest absolute Gasteiger partial charge is 0.0544 e. The van der Waals surface area contributed by atoms with Crippen LogP contribution >= 0.6 is 15.9 Å². The molecule has 1 unspecified atom stereocenters. The Kier molecular flexibility index (Phi) is 3.66. The van der Waals surface area contributed by atoms with Crippen molar-refractivity contribution in [2.45, 2.75) is 25.8 Å². The Morgan fingerprint density at radius 3 is 2.80 bits per heavy atom. The van der Waals surface area contributed by atoms with E-state index < -0.39 is 0 Å². The van der Waals surface area contributed by atoms with Crippen molar-refractivity contribution in [3.63, 3.8) is 0 Å². The van der Waals surface area contributed by atoms with Crippen molar-refractivity contribution in [2.75, 3.05) is 17.2 Å². The van der Waals surface area contributed by atoms with E-state index in [1.807, 2.05) is 18.5 Å². The summed E-state index contributed by atoms with van der Waals surface area (Å²) in [6.45, 7) is 3.14. The third-order valence-electron chi connectivity index (χ3n) is 3.99. The van der Waals surface area contributed by atoms with Crippen LogP contribution in [0.2, 0.25) is 0 Å². The molecular formula is C16H18BrN3. The van der Waals surface area contributed by atoms with E-state index in [0.717, 1.165) is 22.3 Å². The van der Waals surface area contributed by atoms with Crippen molar-refractivity contribution in [3.8, 4) is 0 Å². The molecule has 1 aromatic carbocycles. The lowest BCUT2D eigenvalue weighted by molar-refractivity contribution is 0.717. The molecular weight excluding hydrogens is 314 g/mol. The second kappa shape index (κ2) is 5.44. The average molecular weight is 332 g/mol. The van der Waals surface area contributed by atoms with E-state index in [1.54, 1.807) is 0 Å². The summed E-state index contributed by atoms with van der Waals surface area (Å²) in [5, 5.41) is 0. The normalized spacial score (nSPS) is 18.5. The molecule has 0 amide bonds. The molecule has 1 fully saturated rings. The number of nitrogen functional groups attached to an aromatic ring is 1. The molecule has 4 heteroatoms. The maximum atomic E-state index is 5.98. The summed E-state index contributed by atoms with van der Waals surface area (Å²) >= 11 is 3.66. The molecule has 104 valence electrons. The molecule has 0 saturated carbocycles. The van der Waals surface area contributed by atoms with E-state index in [4.69, 9.17) is 5.73 Å². The van der Waals surface area contributed by atoms with Gasteiger partial charge in [-0.2, -0.15) is 0 Å². The highest BCUT2D eigenvalue weighted by Crippen LogP contribution is 2.40. The maximum absolute atomic E-state index is 5.98. The molecule has 3 rings (SSSR count). The van der Waals surface area contributed by atoms with Crippen LogP contribution < -0.4 is 10.6 Å². The minimum Gasteiger partial charge on any atom is -0.398 e. The van der Waals surface area contributed by atoms with E-state index in [0.29, 0.717) is 6.04 Å². The van der Waals surface area contributed by atoms with Gasteiger partial charge in [0.05, 0.1) is 11.7 Å². The van der Waals surface area contributed by atoms with Crippen LogP contribution in [-0.2, 0) is 0 Å². The van der Waals surface area contributed by atoms with Gasteiger partial charge in [-0.25, -0.2) is 0 Å². The zero-order valence-corrected chi connectivity index (χ0v) is 13.1. The van der Waals surface area contributed by atoms with Crippen LogP contribution in [0.3, 0.4) is 0 Å². The van der Waals surface area contributed by atoms with Gasteiger partial charge in [0, 0.05) is 29.1 Å². The average Bonchev–Trinajstić information content (AvgIpc) is 2.93. The number of hydrogen-bond donors (Lipinski definition) is 1. The molecule has 20 heavy (non-hydrogen) atoms. The third kappa shape index (κ3) is 2.40. The number of halogens is 1. The summed E-state index contributed by atoms with van der Waals surface area (Å²) in [7, 11) is 0. The lowest BCUT2D eigenvalue weighted by Gasteiger charge is -2.28. The molecule has 1 aromatic heterocycles. The van der Waals surface area contributed by atoms with Gasteiger partial charge in [-0.1, -0.05) is 0 Å². The molecule has 1 saturated heterocycles. The minimum absolute atomic E-state index is 0.428. The summed E-state index contributed by atoms with van der Waals surface area (Å²) < 4.78 is 1.07. The molecule has 0 bridgehead atoms. The second-order valence-electron chi connectivity index (χ2n) is 5.29. The lowest BCUT2D eigenvalue weighted by atomic mass is 10.1. The predicted octanol–water partition coefficient (Wildman–Crippen LogP) is 4.08. The first-order valence-corrected chi connectivity index (χ1v) is 7.68. The summed E-state index contributed by atoms with van der Waals surface area (Å²) in [6.07, 6.45) is 6.13. The summed E-state index contributed by atoms with van der Waals surface area (Å²) in [4.78, 5) is 6.58. The van der Waals surface area contributed by atoms with Gasteiger partial charge in [-0.05, 0) is 71.1 Å². The van der Waals surface area contributed by atoms with Crippen molar-refractivity contribution in [1.82, 2.24) is 4.98 Å². The molecule has 1 atom stereocenters. The SMILES string of the molecule is Cc1cc(N2CCCC2c2ccncc2)c(Br)cc1N. The fraction of sp³-hybridized carbons (Fsp3) is 0.312. The molecule has 2 aromatic rings. The lowest BCUT2D eigenvalue weighted by Crippen LogP contribution is -2.23. The summed E-state index contributed by atoms with van der Waals surface area (Å²) in [5.74, 6) is 0. The van der Waals surface area contributed by atoms with E-state index in [9.17, 15) is 0 Å². The summed E-state index contributed by atoms with van der Waals surface area (Å²) in [5.41, 5.74) is 10.5. The van der Waals surface area contributed by atoms with Crippen LogP contribution in [0.1, 0.15) is 30.0 Å². The number of hydrogen-bond acceptors (Lipinski definition) is 3. The standard InChI is InChI=1S/C16H18BrN3/c1-11-9-16(13(17)10-14(11)18)20-8-2-3-15(20)12-4-6-19-7-5-12/h4-7,9-10,15H,2-3,8,18H2,1H3. The van der Waals surface area contributed by atoms with Gasteiger partial charge in [0.25, 0.3) is 0 Å². The molecule has 0 spiro atoms. The molecule has 2 heterocycles. The first-order valence-electron chi connectivity index (χ1n) is 6.89. The monoisotopic (exact) mass is 331 g/mol. The highest BCUT2D eigenvalue weighted by molar-refractivity contribution is 9.10. The fourth-order valence-corrected chi connectivity index (χ4v) is 3.48. The number of aromatic nitrogens is 1. The Hall–Kier alpha value is -1.55. The largest absolute Gasteiger partial charge is 0.398 e. The number of anilines is 2. The number of nitrogens with two attached hydrogens (primary N) is 1. The van der Waals surface area contributed by atoms with Crippen LogP contribution in [0.15, 0.2) is 41.1 Å². The first-order chi connectivity index (χ1) is 9.66. The van der Waals surface area contributed by atoms with Crippen molar-refractivity contribution in [1.29, 1.82) is 0 Å². The molecule has 1 aliphatic rings. The van der Waals surface area contributed by atoms with Crippen molar-refractivity contribution >= 4 is 27.3 Å². The van der Waals surface area contributed by atoms with E-state index >= 15 is 0 Å². The highest BCUT2D eigenvalue weighted by Gasteiger charge is 2.27. The van der Waals surface area contributed by atoms with Crippen LogP contribution in [-0.4, -0.2) is 11.5 Å². The minimum atomic E-state index is 0.428. The Labute approximate surface area is 127 Å². The number of nitrogens with zero attached hydrogens (tertiary/aromatic N) is 2.